The molecule has 0 fully saturated rings. The van der Waals surface area contributed by atoms with Gasteiger partial charge in [0.1, 0.15) is 12.1 Å². The molecule has 0 aliphatic heterocycles. The minimum Gasteiger partial charge on any atom is -0.370 e. The standard InChI is InChI=1S/C16H29N3/c1-3-5-6-7-8-9-10-11-12-17-16-13-15(4-2)18-14-19-16/h13-14H,3-12H2,1-2H3,(H,17,18,19). The van der Waals surface area contributed by atoms with Crippen molar-refractivity contribution in [3.8, 4) is 0 Å². The Bertz CT molecular complexity index is 326. The second kappa shape index (κ2) is 10.8. The van der Waals surface area contributed by atoms with Crippen LogP contribution in [-0.2, 0) is 6.42 Å². The van der Waals surface area contributed by atoms with Crippen LogP contribution in [0, 0.1) is 0 Å². The molecule has 0 aliphatic carbocycles. The Morgan fingerprint density at radius 1 is 0.895 bits per heavy atom. The molecule has 0 spiro atoms. The summed E-state index contributed by atoms with van der Waals surface area (Å²) < 4.78 is 0. The SMILES string of the molecule is CCCCCCCCCCNc1cc(CC)ncn1. The molecule has 0 amide bonds. The molecule has 0 atom stereocenters. The Morgan fingerprint density at radius 3 is 2.26 bits per heavy atom. The van der Waals surface area contributed by atoms with Crippen LogP contribution in [0.3, 0.4) is 0 Å². The number of rotatable bonds is 11. The number of nitrogens with zero attached hydrogens (tertiary/aromatic N) is 2. The summed E-state index contributed by atoms with van der Waals surface area (Å²) in [6.07, 6.45) is 13.5. The molecule has 1 N–H and O–H groups in total. The van der Waals surface area contributed by atoms with Gasteiger partial charge in [0.2, 0.25) is 0 Å². The third-order valence-electron chi connectivity index (χ3n) is 3.42. The summed E-state index contributed by atoms with van der Waals surface area (Å²) in [5, 5.41) is 3.38. The van der Waals surface area contributed by atoms with E-state index in [-0.39, 0.29) is 0 Å². The highest BCUT2D eigenvalue weighted by Gasteiger charge is 1.96. The Labute approximate surface area is 118 Å². The van der Waals surface area contributed by atoms with Crippen LogP contribution in [0.4, 0.5) is 5.82 Å². The van der Waals surface area contributed by atoms with Crippen LogP contribution in [0.15, 0.2) is 12.4 Å². The molecule has 0 saturated carbocycles. The fourth-order valence-corrected chi connectivity index (χ4v) is 2.16. The van der Waals surface area contributed by atoms with Gasteiger partial charge in [0.25, 0.3) is 0 Å². The first-order chi connectivity index (χ1) is 9.36. The molecule has 1 heterocycles. The van der Waals surface area contributed by atoms with E-state index in [1.54, 1.807) is 6.33 Å². The van der Waals surface area contributed by atoms with Crippen molar-refractivity contribution in [3.63, 3.8) is 0 Å². The zero-order valence-electron chi connectivity index (χ0n) is 12.6. The van der Waals surface area contributed by atoms with Crippen molar-refractivity contribution < 1.29 is 0 Å². The average molecular weight is 263 g/mol. The van der Waals surface area contributed by atoms with E-state index >= 15 is 0 Å². The van der Waals surface area contributed by atoms with Gasteiger partial charge in [-0.15, -0.1) is 0 Å². The maximum Gasteiger partial charge on any atom is 0.129 e. The molecule has 19 heavy (non-hydrogen) atoms. The highest BCUT2D eigenvalue weighted by Crippen LogP contribution is 2.09. The third kappa shape index (κ3) is 7.81. The van der Waals surface area contributed by atoms with Gasteiger partial charge in [0.15, 0.2) is 0 Å². The molecule has 3 heteroatoms. The van der Waals surface area contributed by atoms with E-state index in [9.17, 15) is 0 Å². The molecule has 3 nitrogen and oxygen atoms in total. The van der Waals surface area contributed by atoms with E-state index in [2.05, 4.69) is 29.1 Å². The van der Waals surface area contributed by atoms with Crippen molar-refractivity contribution in [1.82, 2.24) is 9.97 Å². The lowest BCUT2D eigenvalue weighted by atomic mass is 10.1. The lowest BCUT2D eigenvalue weighted by molar-refractivity contribution is 0.581. The zero-order chi connectivity index (χ0) is 13.8. The molecule has 0 saturated heterocycles. The molecule has 1 aromatic heterocycles. The molecular formula is C16H29N3. The molecule has 108 valence electrons. The third-order valence-corrected chi connectivity index (χ3v) is 3.42. The van der Waals surface area contributed by atoms with E-state index in [1.165, 1.54) is 51.4 Å². The van der Waals surface area contributed by atoms with Gasteiger partial charge < -0.3 is 5.32 Å². The predicted molar refractivity (Wildman–Crippen MR) is 82.5 cm³/mol. The maximum atomic E-state index is 4.23. The second-order valence-corrected chi connectivity index (χ2v) is 5.15. The first kappa shape index (κ1) is 15.9. The number of hydrogen-bond donors (Lipinski definition) is 1. The van der Waals surface area contributed by atoms with Crippen molar-refractivity contribution in [3.05, 3.63) is 18.1 Å². The van der Waals surface area contributed by atoms with Crippen molar-refractivity contribution in [2.24, 2.45) is 0 Å². The van der Waals surface area contributed by atoms with Crippen LogP contribution in [-0.4, -0.2) is 16.5 Å². The van der Waals surface area contributed by atoms with Gasteiger partial charge in [0.05, 0.1) is 0 Å². The second-order valence-electron chi connectivity index (χ2n) is 5.15. The average Bonchev–Trinajstić information content (AvgIpc) is 2.46. The molecule has 1 aromatic rings. The van der Waals surface area contributed by atoms with Gasteiger partial charge >= 0.3 is 0 Å². The monoisotopic (exact) mass is 263 g/mol. The molecule has 0 aromatic carbocycles. The van der Waals surface area contributed by atoms with Gasteiger partial charge in [-0.25, -0.2) is 9.97 Å². The number of hydrogen-bond acceptors (Lipinski definition) is 3. The van der Waals surface area contributed by atoms with Crippen LogP contribution in [0.25, 0.3) is 0 Å². The predicted octanol–water partition coefficient (Wildman–Crippen LogP) is 4.59. The lowest BCUT2D eigenvalue weighted by Gasteiger charge is -2.06. The summed E-state index contributed by atoms with van der Waals surface area (Å²) in [6, 6.07) is 2.05. The van der Waals surface area contributed by atoms with E-state index < -0.39 is 0 Å². The largest absolute Gasteiger partial charge is 0.370 e. The minimum atomic E-state index is 0.967. The Balaban J connectivity index is 1.98. The number of unbranched alkanes of at least 4 members (excludes halogenated alkanes) is 7. The van der Waals surface area contributed by atoms with E-state index in [1.807, 2.05) is 6.07 Å². The minimum absolute atomic E-state index is 0.967. The van der Waals surface area contributed by atoms with E-state index in [0.29, 0.717) is 0 Å². The fraction of sp³-hybridized carbons (Fsp3) is 0.750. The van der Waals surface area contributed by atoms with Gasteiger partial charge in [0, 0.05) is 18.3 Å². The highest BCUT2D eigenvalue weighted by atomic mass is 15.0. The van der Waals surface area contributed by atoms with Crippen molar-refractivity contribution in [1.29, 1.82) is 0 Å². The van der Waals surface area contributed by atoms with Gasteiger partial charge in [-0.05, 0) is 12.8 Å². The van der Waals surface area contributed by atoms with Crippen LogP contribution in [0.5, 0.6) is 0 Å². The Morgan fingerprint density at radius 2 is 1.58 bits per heavy atom. The van der Waals surface area contributed by atoms with Crippen molar-refractivity contribution in [2.45, 2.75) is 71.6 Å². The topological polar surface area (TPSA) is 37.8 Å². The van der Waals surface area contributed by atoms with Crippen molar-refractivity contribution >= 4 is 5.82 Å². The summed E-state index contributed by atoms with van der Waals surface area (Å²) in [5.74, 6) is 0.967. The molecule has 1 rings (SSSR count). The smallest absolute Gasteiger partial charge is 0.129 e. The summed E-state index contributed by atoms with van der Waals surface area (Å²) in [5.41, 5.74) is 1.11. The van der Waals surface area contributed by atoms with Crippen molar-refractivity contribution in [2.75, 3.05) is 11.9 Å². The summed E-state index contributed by atoms with van der Waals surface area (Å²) in [6.45, 7) is 5.41. The van der Waals surface area contributed by atoms with Gasteiger partial charge in [-0.1, -0.05) is 58.8 Å². The van der Waals surface area contributed by atoms with Crippen LogP contribution >= 0.6 is 0 Å². The Kier molecular flexibility index (Phi) is 9.03. The Hall–Kier alpha value is -1.12. The lowest BCUT2D eigenvalue weighted by Crippen LogP contribution is -2.04. The number of nitrogens with one attached hydrogen (secondary N) is 1. The fourth-order valence-electron chi connectivity index (χ4n) is 2.16. The molecule has 0 unspecified atom stereocenters. The summed E-state index contributed by atoms with van der Waals surface area (Å²) >= 11 is 0. The first-order valence-electron chi connectivity index (χ1n) is 7.91. The molecule has 0 aliphatic rings. The van der Waals surface area contributed by atoms with Gasteiger partial charge in [-0.3, -0.25) is 0 Å². The molecular weight excluding hydrogens is 234 g/mol. The van der Waals surface area contributed by atoms with Crippen LogP contribution < -0.4 is 5.32 Å². The van der Waals surface area contributed by atoms with Crippen LogP contribution in [0.2, 0.25) is 0 Å². The number of anilines is 1. The molecule has 0 bridgehead atoms. The molecule has 0 radical (unpaired) electrons. The number of aromatic nitrogens is 2. The highest BCUT2D eigenvalue weighted by molar-refractivity contribution is 5.34. The normalized spacial score (nSPS) is 10.6. The maximum absolute atomic E-state index is 4.23. The van der Waals surface area contributed by atoms with E-state index in [4.69, 9.17) is 0 Å². The van der Waals surface area contributed by atoms with Crippen LogP contribution in [0.1, 0.15) is 70.9 Å². The van der Waals surface area contributed by atoms with Gasteiger partial charge in [-0.2, -0.15) is 0 Å². The zero-order valence-corrected chi connectivity index (χ0v) is 12.6. The van der Waals surface area contributed by atoms with E-state index in [0.717, 1.165) is 24.5 Å². The summed E-state index contributed by atoms with van der Waals surface area (Å²) in [4.78, 5) is 8.43. The summed E-state index contributed by atoms with van der Waals surface area (Å²) in [7, 11) is 0. The first-order valence-corrected chi connectivity index (χ1v) is 7.91. The quantitative estimate of drug-likeness (QED) is 0.593. The number of aryl methyl sites for hydroxylation is 1.